The van der Waals surface area contributed by atoms with E-state index in [1.807, 2.05) is 26.0 Å². The van der Waals surface area contributed by atoms with Crippen LogP contribution in [0.4, 0.5) is 5.69 Å². The number of rotatable bonds is 2. The van der Waals surface area contributed by atoms with Crippen LogP contribution < -0.4 is 10.6 Å². The predicted molar refractivity (Wildman–Crippen MR) is 70.2 cm³/mol. The van der Waals surface area contributed by atoms with E-state index in [0.717, 1.165) is 16.8 Å². The van der Waals surface area contributed by atoms with Crippen LogP contribution in [-0.2, 0) is 4.79 Å². The first-order valence-electron chi connectivity index (χ1n) is 5.03. The van der Waals surface area contributed by atoms with Crippen molar-refractivity contribution < 1.29 is 4.79 Å². The number of hydrogen-bond donors (Lipinski definition) is 1. The van der Waals surface area contributed by atoms with E-state index in [-0.39, 0.29) is 18.3 Å². The van der Waals surface area contributed by atoms with E-state index in [1.165, 1.54) is 0 Å². The molecule has 16 heavy (non-hydrogen) atoms. The lowest BCUT2D eigenvalue weighted by molar-refractivity contribution is -0.119. The highest BCUT2D eigenvalue weighted by atomic mass is 35.5. The lowest BCUT2D eigenvalue weighted by Crippen LogP contribution is -2.39. The molecule has 0 saturated heterocycles. The highest BCUT2D eigenvalue weighted by Gasteiger charge is 2.15. The smallest absolute Gasteiger partial charge is 0.243 e. The number of carbonyl (C=O) groups is 1. The number of halogens is 1. The molecule has 90 valence electrons. The summed E-state index contributed by atoms with van der Waals surface area (Å²) >= 11 is 0. The van der Waals surface area contributed by atoms with Crippen molar-refractivity contribution in [2.75, 3.05) is 11.9 Å². The molecule has 1 aromatic carbocycles. The summed E-state index contributed by atoms with van der Waals surface area (Å²) in [7, 11) is 1.75. The Kier molecular flexibility index (Phi) is 5.48. The van der Waals surface area contributed by atoms with Gasteiger partial charge in [0.1, 0.15) is 0 Å². The molecule has 1 atom stereocenters. The quantitative estimate of drug-likeness (QED) is 0.863. The maximum Gasteiger partial charge on any atom is 0.243 e. The normalized spacial score (nSPS) is 11.6. The number of likely N-dealkylation sites (N-methyl/N-ethyl adjacent to an activating group) is 1. The van der Waals surface area contributed by atoms with Crippen LogP contribution in [0, 0.1) is 13.8 Å². The topological polar surface area (TPSA) is 46.3 Å². The van der Waals surface area contributed by atoms with Gasteiger partial charge in [-0.3, -0.25) is 4.79 Å². The summed E-state index contributed by atoms with van der Waals surface area (Å²) in [5.41, 5.74) is 8.75. The minimum Gasteiger partial charge on any atom is -0.320 e. The van der Waals surface area contributed by atoms with Crippen molar-refractivity contribution in [1.82, 2.24) is 0 Å². The van der Waals surface area contributed by atoms with Gasteiger partial charge in [0.2, 0.25) is 5.91 Å². The Balaban J connectivity index is 0.00000225. The van der Waals surface area contributed by atoms with Gasteiger partial charge in [-0.05, 0) is 44.0 Å². The molecule has 0 aliphatic carbocycles. The number of carbonyl (C=O) groups excluding carboxylic acids is 1. The zero-order chi connectivity index (χ0) is 11.6. The van der Waals surface area contributed by atoms with E-state index in [1.54, 1.807) is 18.9 Å². The molecule has 0 aromatic heterocycles. The average molecular weight is 243 g/mol. The molecule has 0 aliphatic rings. The fourth-order valence-electron chi connectivity index (χ4n) is 1.58. The monoisotopic (exact) mass is 242 g/mol. The van der Waals surface area contributed by atoms with Crippen molar-refractivity contribution in [3.63, 3.8) is 0 Å². The van der Waals surface area contributed by atoms with E-state index < -0.39 is 6.04 Å². The van der Waals surface area contributed by atoms with Gasteiger partial charge in [0, 0.05) is 12.7 Å². The third kappa shape index (κ3) is 3.51. The van der Waals surface area contributed by atoms with Gasteiger partial charge in [0.15, 0.2) is 0 Å². The Morgan fingerprint density at radius 1 is 1.25 bits per heavy atom. The van der Waals surface area contributed by atoms with Crippen molar-refractivity contribution in [3.8, 4) is 0 Å². The SMILES string of the molecule is Cc1cc(C)cc(N(C)C(=O)[C@@H](C)N)c1.Cl. The van der Waals surface area contributed by atoms with Gasteiger partial charge < -0.3 is 10.6 Å². The highest BCUT2D eigenvalue weighted by Crippen LogP contribution is 2.17. The molecule has 1 rings (SSSR count). The maximum atomic E-state index is 11.7. The third-order valence-corrected chi connectivity index (χ3v) is 2.31. The second kappa shape index (κ2) is 5.87. The predicted octanol–water partition coefficient (Wildman–Crippen LogP) is 2.04. The van der Waals surface area contributed by atoms with Gasteiger partial charge in [-0.25, -0.2) is 0 Å². The number of benzene rings is 1. The summed E-state index contributed by atoms with van der Waals surface area (Å²) < 4.78 is 0. The largest absolute Gasteiger partial charge is 0.320 e. The molecule has 0 bridgehead atoms. The van der Waals surface area contributed by atoms with E-state index in [0.29, 0.717) is 0 Å². The second-order valence-corrected chi connectivity index (χ2v) is 4.03. The molecule has 0 heterocycles. The van der Waals surface area contributed by atoms with Crippen LogP contribution in [0.1, 0.15) is 18.1 Å². The zero-order valence-electron chi connectivity index (χ0n) is 10.2. The summed E-state index contributed by atoms with van der Waals surface area (Å²) in [6, 6.07) is 5.57. The minimum atomic E-state index is -0.462. The summed E-state index contributed by atoms with van der Waals surface area (Å²) in [5.74, 6) is -0.0694. The fraction of sp³-hybridized carbons (Fsp3) is 0.417. The number of amides is 1. The summed E-state index contributed by atoms with van der Waals surface area (Å²) in [6.45, 7) is 5.73. The molecular weight excluding hydrogens is 224 g/mol. The number of nitrogens with two attached hydrogens (primary N) is 1. The Labute approximate surface area is 103 Å². The second-order valence-electron chi connectivity index (χ2n) is 4.03. The Hall–Kier alpha value is -1.06. The van der Waals surface area contributed by atoms with Crippen molar-refractivity contribution >= 4 is 24.0 Å². The van der Waals surface area contributed by atoms with Crippen molar-refractivity contribution in [3.05, 3.63) is 29.3 Å². The summed E-state index contributed by atoms with van der Waals surface area (Å²) in [6.07, 6.45) is 0. The highest BCUT2D eigenvalue weighted by molar-refractivity contribution is 5.96. The van der Waals surface area contributed by atoms with E-state index in [2.05, 4.69) is 6.07 Å². The first-order chi connectivity index (χ1) is 6.91. The van der Waals surface area contributed by atoms with Gasteiger partial charge in [0.25, 0.3) is 0 Å². The fourth-order valence-corrected chi connectivity index (χ4v) is 1.58. The lowest BCUT2D eigenvalue weighted by Gasteiger charge is -2.20. The van der Waals surface area contributed by atoms with Crippen molar-refractivity contribution in [2.24, 2.45) is 5.73 Å². The van der Waals surface area contributed by atoms with Crippen LogP contribution in [0.3, 0.4) is 0 Å². The van der Waals surface area contributed by atoms with E-state index in [9.17, 15) is 4.79 Å². The Morgan fingerprint density at radius 2 is 1.69 bits per heavy atom. The summed E-state index contributed by atoms with van der Waals surface area (Å²) in [5, 5.41) is 0. The van der Waals surface area contributed by atoms with Crippen molar-refractivity contribution in [2.45, 2.75) is 26.8 Å². The molecule has 0 spiro atoms. The molecule has 4 heteroatoms. The van der Waals surface area contributed by atoms with Crippen LogP contribution in [0.2, 0.25) is 0 Å². The van der Waals surface area contributed by atoms with Gasteiger partial charge in [-0.15, -0.1) is 12.4 Å². The lowest BCUT2D eigenvalue weighted by atomic mass is 10.1. The Bertz CT molecular complexity index is 357. The van der Waals surface area contributed by atoms with Crippen LogP contribution in [0.25, 0.3) is 0 Å². The number of anilines is 1. The van der Waals surface area contributed by atoms with Gasteiger partial charge in [-0.1, -0.05) is 6.07 Å². The summed E-state index contributed by atoms with van der Waals surface area (Å²) in [4.78, 5) is 13.3. The standard InChI is InChI=1S/C12H18N2O.ClH/c1-8-5-9(2)7-11(6-8)14(4)12(15)10(3)13;/h5-7,10H,13H2,1-4H3;1H/t10-;/m1./s1. The Morgan fingerprint density at radius 3 is 2.06 bits per heavy atom. The number of nitrogens with zero attached hydrogens (tertiary/aromatic N) is 1. The first kappa shape index (κ1) is 14.9. The molecule has 0 aliphatic heterocycles. The van der Waals surface area contributed by atoms with Crippen LogP contribution >= 0.6 is 12.4 Å². The molecular formula is C12H19ClN2O. The molecule has 0 saturated carbocycles. The molecule has 0 unspecified atom stereocenters. The first-order valence-corrected chi connectivity index (χ1v) is 5.03. The molecule has 1 amide bonds. The van der Waals surface area contributed by atoms with Gasteiger partial charge in [-0.2, -0.15) is 0 Å². The third-order valence-electron chi connectivity index (χ3n) is 2.31. The van der Waals surface area contributed by atoms with Crippen LogP contribution in [0.15, 0.2) is 18.2 Å². The van der Waals surface area contributed by atoms with Crippen molar-refractivity contribution in [1.29, 1.82) is 0 Å². The molecule has 1 aromatic rings. The molecule has 0 fully saturated rings. The van der Waals surface area contributed by atoms with Crippen LogP contribution in [0.5, 0.6) is 0 Å². The molecule has 0 radical (unpaired) electrons. The zero-order valence-corrected chi connectivity index (χ0v) is 11.0. The minimum absolute atomic E-state index is 0. The maximum absolute atomic E-state index is 11.7. The van der Waals surface area contributed by atoms with Gasteiger partial charge >= 0.3 is 0 Å². The average Bonchev–Trinajstić information content (AvgIpc) is 2.13. The van der Waals surface area contributed by atoms with Crippen LogP contribution in [-0.4, -0.2) is 19.0 Å². The van der Waals surface area contributed by atoms with E-state index in [4.69, 9.17) is 5.73 Å². The number of aryl methyl sites for hydroxylation is 2. The molecule has 2 N–H and O–H groups in total. The molecule has 3 nitrogen and oxygen atoms in total. The van der Waals surface area contributed by atoms with Gasteiger partial charge in [0.05, 0.1) is 6.04 Å². The number of hydrogen-bond acceptors (Lipinski definition) is 2. The van der Waals surface area contributed by atoms with E-state index >= 15 is 0 Å².